The van der Waals surface area contributed by atoms with Crippen molar-refractivity contribution in [1.29, 1.82) is 0 Å². The van der Waals surface area contributed by atoms with Crippen LogP contribution in [0.15, 0.2) is 18.2 Å². The van der Waals surface area contributed by atoms with E-state index in [1.165, 1.54) is 19.4 Å². The van der Waals surface area contributed by atoms with Crippen molar-refractivity contribution in [3.05, 3.63) is 23.8 Å². The lowest BCUT2D eigenvalue weighted by Gasteiger charge is -2.32. The third kappa shape index (κ3) is 4.33. The number of unbranched alkanes of at least 4 members (excludes halogenated alkanes) is 1. The number of rotatable bonds is 6. The predicted octanol–water partition coefficient (Wildman–Crippen LogP) is 3.81. The molecular weight excluding hydrogens is 330 g/mol. The Balaban J connectivity index is 0.00000208. The molecule has 24 heavy (non-hydrogen) atoms. The van der Waals surface area contributed by atoms with Gasteiger partial charge in [-0.25, -0.2) is 4.79 Å². The summed E-state index contributed by atoms with van der Waals surface area (Å²) in [7, 11) is 0. The van der Waals surface area contributed by atoms with Gasteiger partial charge in [-0.05, 0) is 56.9 Å². The lowest BCUT2D eigenvalue weighted by atomic mass is 9.93. The smallest absolute Gasteiger partial charge is 0.339 e. The van der Waals surface area contributed by atoms with E-state index < -0.39 is 5.97 Å². The zero-order valence-corrected chi connectivity index (χ0v) is 14.9. The fraction of sp³-hybridized carbons (Fsp3) is 0.611. The van der Waals surface area contributed by atoms with Crippen molar-refractivity contribution in [3.8, 4) is 11.5 Å². The van der Waals surface area contributed by atoms with Crippen molar-refractivity contribution in [3.63, 3.8) is 0 Å². The fourth-order valence-electron chi connectivity index (χ4n) is 3.39. The minimum atomic E-state index is -0.977. The summed E-state index contributed by atoms with van der Waals surface area (Å²) in [6.07, 6.45) is 5.32. The molecule has 134 valence electrons. The molecule has 1 unspecified atom stereocenters. The highest BCUT2D eigenvalue weighted by molar-refractivity contribution is 5.92. The second-order valence-electron chi connectivity index (χ2n) is 6.48. The van der Waals surface area contributed by atoms with Gasteiger partial charge in [0.05, 0.1) is 0 Å². The molecule has 1 saturated heterocycles. The minimum Gasteiger partial charge on any atom is -0.478 e. The summed E-state index contributed by atoms with van der Waals surface area (Å²) in [5, 5.41) is 9.22. The van der Waals surface area contributed by atoms with Crippen LogP contribution in [0.1, 0.15) is 49.4 Å². The molecule has 2 aliphatic heterocycles. The largest absolute Gasteiger partial charge is 0.478 e. The first-order valence-corrected chi connectivity index (χ1v) is 8.59. The van der Waals surface area contributed by atoms with Crippen molar-refractivity contribution in [2.24, 2.45) is 5.92 Å². The molecule has 0 aliphatic carbocycles. The molecule has 1 aromatic carbocycles. The summed E-state index contributed by atoms with van der Waals surface area (Å²) in [5.74, 6) is 0.538. The van der Waals surface area contributed by atoms with Gasteiger partial charge < -0.3 is 19.5 Å². The van der Waals surface area contributed by atoms with Gasteiger partial charge in [0.1, 0.15) is 5.56 Å². The van der Waals surface area contributed by atoms with E-state index in [0.29, 0.717) is 17.4 Å². The van der Waals surface area contributed by atoms with Crippen molar-refractivity contribution in [1.82, 2.24) is 4.90 Å². The summed E-state index contributed by atoms with van der Waals surface area (Å²) in [4.78, 5) is 13.8. The van der Waals surface area contributed by atoms with Gasteiger partial charge in [0.15, 0.2) is 11.5 Å². The number of carbonyl (C=O) groups is 1. The van der Waals surface area contributed by atoms with E-state index >= 15 is 0 Å². The van der Waals surface area contributed by atoms with Crippen LogP contribution in [0.2, 0.25) is 0 Å². The summed E-state index contributed by atoms with van der Waals surface area (Å²) in [6, 6.07) is 5.02. The second kappa shape index (κ2) is 8.58. The Hall–Kier alpha value is -1.46. The van der Waals surface area contributed by atoms with E-state index in [9.17, 15) is 9.90 Å². The molecule has 0 amide bonds. The third-order valence-electron chi connectivity index (χ3n) is 4.78. The molecule has 0 saturated carbocycles. The van der Waals surface area contributed by atoms with Crippen LogP contribution in [-0.4, -0.2) is 41.9 Å². The maximum atomic E-state index is 11.2. The number of piperidine rings is 1. The van der Waals surface area contributed by atoms with Crippen molar-refractivity contribution in [2.45, 2.75) is 45.3 Å². The highest BCUT2D eigenvalue weighted by atomic mass is 35.5. The molecule has 2 heterocycles. The first-order chi connectivity index (χ1) is 11.2. The Morgan fingerprint density at radius 3 is 2.71 bits per heavy atom. The van der Waals surface area contributed by atoms with Gasteiger partial charge in [0.2, 0.25) is 6.29 Å². The number of nitrogens with zero attached hydrogens (tertiary/aromatic N) is 1. The Morgan fingerprint density at radius 1 is 1.29 bits per heavy atom. The fourth-order valence-corrected chi connectivity index (χ4v) is 3.39. The standard InChI is InChI=1S/C18H25NO4.ClH/c1-2-3-9-19-10-7-13(8-11-19)12-16-22-15-6-4-5-14(18(20)21)17(15)23-16;/h4-6,13,16H,2-3,7-12H2,1H3,(H,20,21);1H. The van der Waals surface area contributed by atoms with Crippen LogP contribution in [0.5, 0.6) is 11.5 Å². The van der Waals surface area contributed by atoms with E-state index in [0.717, 1.165) is 32.4 Å². The molecule has 6 heteroatoms. The van der Waals surface area contributed by atoms with Crippen LogP contribution >= 0.6 is 12.4 Å². The van der Waals surface area contributed by atoms with Crippen molar-refractivity contribution < 1.29 is 19.4 Å². The van der Waals surface area contributed by atoms with E-state index in [1.54, 1.807) is 18.2 Å². The Bertz CT molecular complexity index is 558. The van der Waals surface area contributed by atoms with E-state index in [4.69, 9.17) is 9.47 Å². The number of carboxylic acid groups (broad SMARTS) is 1. The zero-order chi connectivity index (χ0) is 16.2. The van der Waals surface area contributed by atoms with Crippen LogP contribution in [0, 0.1) is 5.92 Å². The van der Waals surface area contributed by atoms with Gasteiger partial charge in [-0.15, -0.1) is 12.4 Å². The molecule has 0 bridgehead atoms. The zero-order valence-electron chi connectivity index (χ0n) is 14.1. The quantitative estimate of drug-likeness (QED) is 0.840. The monoisotopic (exact) mass is 355 g/mol. The normalized spacial score (nSPS) is 20.6. The van der Waals surface area contributed by atoms with Crippen LogP contribution in [0.3, 0.4) is 0 Å². The van der Waals surface area contributed by atoms with Gasteiger partial charge in [0.25, 0.3) is 0 Å². The highest BCUT2D eigenvalue weighted by Gasteiger charge is 2.31. The number of halogens is 1. The number of hydrogen-bond donors (Lipinski definition) is 1. The molecule has 0 aromatic heterocycles. The first kappa shape index (κ1) is 18.9. The Kier molecular flexibility index (Phi) is 6.75. The van der Waals surface area contributed by atoms with Crippen molar-refractivity contribution in [2.75, 3.05) is 19.6 Å². The van der Waals surface area contributed by atoms with E-state index in [2.05, 4.69) is 11.8 Å². The summed E-state index contributed by atoms with van der Waals surface area (Å²) >= 11 is 0. The SMILES string of the molecule is CCCCN1CCC(CC2Oc3cccc(C(=O)O)c3O2)CC1.Cl. The van der Waals surface area contributed by atoms with Crippen LogP contribution in [0.4, 0.5) is 0 Å². The predicted molar refractivity (Wildman–Crippen MR) is 94.4 cm³/mol. The Labute approximate surface area is 149 Å². The summed E-state index contributed by atoms with van der Waals surface area (Å²) in [5.41, 5.74) is 0.180. The number of hydrogen-bond acceptors (Lipinski definition) is 4. The minimum absolute atomic E-state index is 0. The van der Waals surface area contributed by atoms with Gasteiger partial charge in [0, 0.05) is 6.42 Å². The molecule has 0 spiro atoms. The van der Waals surface area contributed by atoms with E-state index in [-0.39, 0.29) is 24.3 Å². The van der Waals surface area contributed by atoms with Crippen LogP contribution in [-0.2, 0) is 0 Å². The van der Waals surface area contributed by atoms with Crippen LogP contribution < -0.4 is 9.47 Å². The molecule has 1 aromatic rings. The molecule has 1 atom stereocenters. The van der Waals surface area contributed by atoms with Gasteiger partial charge in [-0.2, -0.15) is 0 Å². The molecule has 0 radical (unpaired) electrons. The molecule has 2 aliphatic rings. The number of aromatic carboxylic acids is 1. The number of fused-ring (bicyclic) bond motifs is 1. The lowest BCUT2D eigenvalue weighted by Crippen LogP contribution is -2.36. The second-order valence-corrected chi connectivity index (χ2v) is 6.48. The number of ether oxygens (including phenoxy) is 2. The third-order valence-corrected chi connectivity index (χ3v) is 4.78. The molecule has 1 fully saturated rings. The topological polar surface area (TPSA) is 59.0 Å². The average molecular weight is 356 g/mol. The van der Waals surface area contributed by atoms with Gasteiger partial charge >= 0.3 is 5.97 Å². The number of para-hydroxylation sites is 1. The Morgan fingerprint density at radius 2 is 2.04 bits per heavy atom. The highest BCUT2D eigenvalue weighted by Crippen LogP contribution is 2.40. The molecular formula is C18H26ClNO4. The van der Waals surface area contributed by atoms with Gasteiger partial charge in [-0.3, -0.25) is 0 Å². The lowest BCUT2D eigenvalue weighted by molar-refractivity contribution is 0.0157. The molecule has 3 rings (SSSR count). The maximum absolute atomic E-state index is 11.2. The average Bonchev–Trinajstić information content (AvgIpc) is 2.96. The number of benzene rings is 1. The molecule has 1 N–H and O–H groups in total. The van der Waals surface area contributed by atoms with Crippen LogP contribution in [0.25, 0.3) is 0 Å². The maximum Gasteiger partial charge on any atom is 0.339 e. The van der Waals surface area contributed by atoms with Crippen molar-refractivity contribution >= 4 is 18.4 Å². The summed E-state index contributed by atoms with van der Waals surface area (Å²) < 4.78 is 11.6. The number of likely N-dealkylation sites (tertiary alicyclic amines) is 1. The summed E-state index contributed by atoms with van der Waals surface area (Å²) in [6.45, 7) is 5.72. The van der Waals surface area contributed by atoms with E-state index in [1.807, 2.05) is 0 Å². The number of carboxylic acids is 1. The molecule has 5 nitrogen and oxygen atoms in total. The van der Waals surface area contributed by atoms with Gasteiger partial charge in [-0.1, -0.05) is 19.4 Å². The first-order valence-electron chi connectivity index (χ1n) is 8.59.